The first-order valence-electron chi connectivity index (χ1n) is 4.40. The molecule has 14 heavy (non-hydrogen) atoms. The van der Waals surface area contributed by atoms with Crippen molar-refractivity contribution in [3.8, 4) is 0 Å². The van der Waals surface area contributed by atoms with E-state index < -0.39 is 6.10 Å². The van der Waals surface area contributed by atoms with Crippen molar-refractivity contribution in [3.63, 3.8) is 0 Å². The lowest BCUT2D eigenvalue weighted by Gasteiger charge is -2.30. The molecule has 1 heterocycles. The number of hydrogen-bond donors (Lipinski definition) is 1. The SMILES string of the molecule is OC(c1cccc(Br)c1F)C1COC1. The largest absolute Gasteiger partial charge is 0.388 e. The standard InChI is InChI=1S/C10H10BrFO2/c11-8-3-1-2-7(9(8)12)10(13)6-4-14-5-6/h1-3,6,10,13H,4-5H2. The van der Waals surface area contributed by atoms with E-state index in [2.05, 4.69) is 15.9 Å². The molecule has 76 valence electrons. The van der Waals surface area contributed by atoms with Gasteiger partial charge in [-0.3, -0.25) is 0 Å². The van der Waals surface area contributed by atoms with Crippen molar-refractivity contribution in [1.82, 2.24) is 0 Å². The highest BCUT2D eigenvalue weighted by Gasteiger charge is 2.29. The highest BCUT2D eigenvalue weighted by molar-refractivity contribution is 9.10. The van der Waals surface area contributed by atoms with Crippen LogP contribution in [0.1, 0.15) is 11.7 Å². The molecule has 0 radical (unpaired) electrons. The highest BCUT2D eigenvalue weighted by Crippen LogP contribution is 2.31. The van der Waals surface area contributed by atoms with Crippen LogP contribution in [0, 0.1) is 11.7 Å². The Morgan fingerprint density at radius 3 is 2.79 bits per heavy atom. The number of hydrogen-bond acceptors (Lipinski definition) is 2. The molecule has 1 fully saturated rings. The van der Waals surface area contributed by atoms with Crippen molar-refractivity contribution < 1.29 is 14.2 Å². The van der Waals surface area contributed by atoms with Crippen molar-refractivity contribution in [1.29, 1.82) is 0 Å². The molecule has 1 aromatic rings. The summed E-state index contributed by atoms with van der Waals surface area (Å²) in [6, 6.07) is 4.93. The van der Waals surface area contributed by atoms with Crippen LogP contribution < -0.4 is 0 Å². The molecule has 0 spiro atoms. The third kappa shape index (κ3) is 1.69. The lowest BCUT2D eigenvalue weighted by Crippen LogP contribution is -2.33. The number of aliphatic hydroxyl groups excluding tert-OH is 1. The average molecular weight is 261 g/mol. The first-order valence-corrected chi connectivity index (χ1v) is 5.19. The lowest BCUT2D eigenvalue weighted by atomic mass is 9.94. The fraction of sp³-hybridized carbons (Fsp3) is 0.400. The first-order chi connectivity index (χ1) is 6.70. The average Bonchev–Trinajstić information content (AvgIpc) is 2.06. The third-order valence-electron chi connectivity index (χ3n) is 2.41. The fourth-order valence-electron chi connectivity index (χ4n) is 1.44. The second kappa shape index (κ2) is 3.96. The summed E-state index contributed by atoms with van der Waals surface area (Å²) in [7, 11) is 0. The second-order valence-corrected chi connectivity index (χ2v) is 4.24. The molecule has 4 heteroatoms. The first kappa shape index (κ1) is 10.1. The maximum absolute atomic E-state index is 13.5. The summed E-state index contributed by atoms with van der Waals surface area (Å²) < 4.78 is 18.9. The molecule has 0 aliphatic carbocycles. The smallest absolute Gasteiger partial charge is 0.143 e. The normalized spacial score (nSPS) is 19.1. The summed E-state index contributed by atoms with van der Waals surface area (Å²) in [6.07, 6.45) is -0.763. The second-order valence-electron chi connectivity index (χ2n) is 3.39. The maximum Gasteiger partial charge on any atom is 0.143 e. The molecule has 1 N–H and O–H groups in total. The van der Waals surface area contributed by atoms with Crippen LogP contribution in [0.2, 0.25) is 0 Å². The van der Waals surface area contributed by atoms with Crippen LogP contribution in [-0.2, 0) is 4.74 Å². The van der Waals surface area contributed by atoms with Gasteiger partial charge < -0.3 is 9.84 Å². The van der Waals surface area contributed by atoms with E-state index in [1.54, 1.807) is 18.2 Å². The summed E-state index contributed by atoms with van der Waals surface area (Å²) in [5.74, 6) is -0.356. The predicted octanol–water partition coefficient (Wildman–Crippen LogP) is 2.27. The number of rotatable bonds is 2. The molecule has 1 aliphatic rings. The van der Waals surface area contributed by atoms with Gasteiger partial charge in [-0.25, -0.2) is 4.39 Å². The molecule has 0 bridgehead atoms. The Morgan fingerprint density at radius 1 is 1.50 bits per heavy atom. The van der Waals surface area contributed by atoms with Gasteiger partial charge in [0.25, 0.3) is 0 Å². The Labute approximate surface area is 89.8 Å². The fourth-order valence-corrected chi connectivity index (χ4v) is 1.82. The van der Waals surface area contributed by atoms with E-state index in [1.165, 1.54) is 0 Å². The summed E-state index contributed by atoms with van der Waals surface area (Å²) >= 11 is 3.09. The van der Waals surface area contributed by atoms with Gasteiger partial charge in [0.2, 0.25) is 0 Å². The number of benzene rings is 1. The number of halogens is 2. The van der Waals surface area contributed by atoms with Gasteiger partial charge in [-0.1, -0.05) is 12.1 Å². The monoisotopic (exact) mass is 260 g/mol. The van der Waals surface area contributed by atoms with Crippen LogP contribution in [0.25, 0.3) is 0 Å². The minimum Gasteiger partial charge on any atom is -0.388 e. The van der Waals surface area contributed by atoms with Gasteiger partial charge in [0.05, 0.1) is 23.8 Å². The van der Waals surface area contributed by atoms with E-state index in [1.807, 2.05) is 0 Å². The van der Waals surface area contributed by atoms with E-state index in [-0.39, 0.29) is 11.7 Å². The molecule has 1 aliphatic heterocycles. The molecule has 1 saturated heterocycles. The van der Waals surface area contributed by atoms with Gasteiger partial charge in [-0.15, -0.1) is 0 Å². The van der Waals surface area contributed by atoms with Crippen molar-refractivity contribution in [2.45, 2.75) is 6.10 Å². The zero-order valence-electron chi connectivity index (χ0n) is 7.41. The van der Waals surface area contributed by atoms with Gasteiger partial charge in [0.1, 0.15) is 5.82 Å². The van der Waals surface area contributed by atoms with Crippen LogP contribution in [0.5, 0.6) is 0 Å². The van der Waals surface area contributed by atoms with Crippen molar-refractivity contribution >= 4 is 15.9 Å². The topological polar surface area (TPSA) is 29.5 Å². The van der Waals surface area contributed by atoms with Gasteiger partial charge in [-0.05, 0) is 22.0 Å². The summed E-state index contributed by atoms with van der Waals surface area (Å²) in [6.45, 7) is 1.01. The van der Waals surface area contributed by atoms with Crippen LogP contribution in [0.4, 0.5) is 4.39 Å². The van der Waals surface area contributed by atoms with E-state index in [4.69, 9.17) is 4.74 Å². The van der Waals surface area contributed by atoms with E-state index in [0.717, 1.165) is 0 Å². The number of aliphatic hydroxyl groups is 1. The van der Waals surface area contributed by atoms with Gasteiger partial charge in [0.15, 0.2) is 0 Å². The van der Waals surface area contributed by atoms with Crippen LogP contribution in [-0.4, -0.2) is 18.3 Å². The molecule has 0 amide bonds. The minimum absolute atomic E-state index is 0.0267. The molecule has 2 nitrogen and oxygen atoms in total. The molecule has 1 unspecified atom stereocenters. The molecule has 1 aromatic carbocycles. The Balaban J connectivity index is 2.26. The van der Waals surface area contributed by atoms with E-state index >= 15 is 0 Å². The molecule has 0 aromatic heterocycles. The summed E-state index contributed by atoms with van der Waals surface area (Å²) in [5.41, 5.74) is 0.340. The Kier molecular flexibility index (Phi) is 2.85. The molecular formula is C10H10BrFO2. The number of ether oxygens (including phenoxy) is 1. The van der Waals surface area contributed by atoms with Gasteiger partial charge in [-0.2, -0.15) is 0 Å². The third-order valence-corrected chi connectivity index (χ3v) is 3.02. The van der Waals surface area contributed by atoms with Gasteiger partial charge in [0, 0.05) is 11.5 Å². The summed E-state index contributed by atoms with van der Waals surface area (Å²) in [4.78, 5) is 0. The Bertz CT molecular complexity index is 339. The molecule has 1 atom stereocenters. The van der Waals surface area contributed by atoms with Crippen LogP contribution >= 0.6 is 15.9 Å². The molecule has 2 rings (SSSR count). The van der Waals surface area contributed by atoms with E-state index in [9.17, 15) is 9.50 Å². The maximum atomic E-state index is 13.5. The Hall–Kier alpha value is -0.450. The van der Waals surface area contributed by atoms with Crippen LogP contribution in [0.3, 0.4) is 0 Å². The molecule has 0 saturated carbocycles. The van der Waals surface area contributed by atoms with Crippen molar-refractivity contribution in [2.75, 3.05) is 13.2 Å². The zero-order chi connectivity index (χ0) is 10.1. The quantitative estimate of drug-likeness (QED) is 0.884. The van der Waals surface area contributed by atoms with Crippen molar-refractivity contribution in [3.05, 3.63) is 34.1 Å². The zero-order valence-corrected chi connectivity index (χ0v) is 9.00. The summed E-state index contributed by atoms with van der Waals surface area (Å²) in [5, 5.41) is 9.80. The Morgan fingerprint density at radius 2 is 2.21 bits per heavy atom. The van der Waals surface area contributed by atoms with Gasteiger partial charge >= 0.3 is 0 Å². The van der Waals surface area contributed by atoms with Crippen molar-refractivity contribution in [2.24, 2.45) is 5.92 Å². The molecular weight excluding hydrogens is 251 g/mol. The minimum atomic E-state index is -0.763. The van der Waals surface area contributed by atoms with Crippen LogP contribution in [0.15, 0.2) is 22.7 Å². The highest BCUT2D eigenvalue weighted by atomic mass is 79.9. The van der Waals surface area contributed by atoms with E-state index in [0.29, 0.717) is 23.2 Å². The predicted molar refractivity (Wildman–Crippen MR) is 53.4 cm³/mol. The lowest BCUT2D eigenvalue weighted by molar-refractivity contribution is -0.0932.